The minimum absolute atomic E-state index is 0.127. The van der Waals surface area contributed by atoms with Crippen molar-refractivity contribution in [3.05, 3.63) is 52.0 Å². The van der Waals surface area contributed by atoms with Crippen LogP contribution in [0.5, 0.6) is 5.75 Å². The average Bonchev–Trinajstić information content (AvgIpc) is 3.05. The molecule has 1 fully saturated rings. The van der Waals surface area contributed by atoms with Gasteiger partial charge in [0.25, 0.3) is 6.23 Å². The Morgan fingerprint density at radius 1 is 0.891 bits per heavy atom. The molecule has 0 bridgehead atoms. The Kier molecular flexibility index (Phi) is 14.3. The summed E-state index contributed by atoms with van der Waals surface area (Å²) in [5, 5.41) is 11.1. The van der Waals surface area contributed by atoms with Crippen LogP contribution in [-0.2, 0) is 25.5 Å². The quantitative estimate of drug-likeness (QED) is 0.129. The van der Waals surface area contributed by atoms with E-state index in [-0.39, 0.29) is 12.8 Å². The molecule has 0 aliphatic carbocycles. The molecular weight excluding hydrogens is 629 g/mol. The van der Waals surface area contributed by atoms with Crippen LogP contribution in [-0.4, -0.2) is 73.4 Å². The van der Waals surface area contributed by atoms with Gasteiger partial charge in [-0.15, -0.1) is 0 Å². The Labute approximate surface area is 282 Å². The van der Waals surface area contributed by atoms with E-state index in [1.807, 2.05) is 24.3 Å². The molecule has 0 radical (unpaired) electrons. The summed E-state index contributed by atoms with van der Waals surface area (Å²) in [5.41, 5.74) is 2.21. The molecular formula is C35H47Cl2N3O6. The van der Waals surface area contributed by atoms with E-state index in [1.54, 1.807) is 12.1 Å². The van der Waals surface area contributed by atoms with E-state index in [0.717, 1.165) is 81.0 Å². The van der Waals surface area contributed by atoms with Gasteiger partial charge >= 0.3 is 11.9 Å². The number of unbranched alkanes of at least 4 members (excludes halogenated alkanes) is 7. The minimum atomic E-state index is -1.71. The highest BCUT2D eigenvalue weighted by Gasteiger charge is 2.37. The van der Waals surface area contributed by atoms with Gasteiger partial charge in [-0.2, -0.15) is 0 Å². The van der Waals surface area contributed by atoms with Crippen molar-refractivity contribution in [2.45, 2.75) is 90.2 Å². The predicted octanol–water partition coefficient (Wildman–Crippen LogP) is 7.35. The number of rotatable bonds is 18. The van der Waals surface area contributed by atoms with E-state index in [9.17, 15) is 19.5 Å². The predicted molar refractivity (Wildman–Crippen MR) is 182 cm³/mol. The number of ether oxygens (including phenoxy) is 2. The second kappa shape index (κ2) is 18.4. The maximum absolute atomic E-state index is 13.0. The number of amides is 1. The lowest BCUT2D eigenvalue weighted by Crippen LogP contribution is -2.50. The molecule has 1 saturated heterocycles. The Hall–Kier alpha value is -3.01. The monoisotopic (exact) mass is 675 g/mol. The summed E-state index contributed by atoms with van der Waals surface area (Å²) < 4.78 is 11.4. The lowest BCUT2D eigenvalue weighted by molar-refractivity contribution is -0.165. The molecule has 2 aliphatic heterocycles. The van der Waals surface area contributed by atoms with Crippen molar-refractivity contribution in [3.8, 4) is 5.75 Å². The number of anilines is 2. The Morgan fingerprint density at radius 2 is 1.63 bits per heavy atom. The number of benzene rings is 2. The maximum Gasteiger partial charge on any atom is 0.367 e. The van der Waals surface area contributed by atoms with Crippen LogP contribution in [0.4, 0.5) is 11.4 Å². The van der Waals surface area contributed by atoms with Crippen molar-refractivity contribution in [2.24, 2.45) is 0 Å². The van der Waals surface area contributed by atoms with Gasteiger partial charge < -0.3 is 19.5 Å². The van der Waals surface area contributed by atoms with Gasteiger partial charge in [0.15, 0.2) is 0 Å². The summed E-state index contributed by atoms with van der Waals surface area (Å²) in [6.45, 7) is 7.25. The van der Waals surface area contributed by atoms with Crippen LogP contribution in [0.15, 0.2) is 36.4 Å². The van der Waals surface area contributed by atoms with Crippen LogP contribution >= 0.6 is 23.2 Å². The summed E-state index contributed by atoms with van der Waals surface area (Å²) in [7, 11) is 0. The zero-order valence-corrected chi connectivity index (χ0v) is 28.4. The molecule has 1 N–H and O–H groups in total. The van der Waals surface area contributed by atoms with Crippen LogP contribution < -0.4 is 14.5 Å². The molecule has 1 atom stereocenters. The highest BCUT2D eigenvalue weighted by molar-refractivity contribution is 6.43. The number of hydrogen-bond donors (Lipinski definition) is 1. The van der Waals surface area contributed by atoms with E-state index in [2.05, 4.69) is 16.7 Å². The number of fused-ring (bicyclic) bond motifs is 1. The lowest BCUT2D eigenvalue weighted by atomic mass is 10.0. The number of nitrogens with zero attached hydrogens (tertiary/aromatic N) is 3. The molecule has 0 aromatic heterocycles. The van der Waals surface area contributed by atoms with Crippen LogP contribution in [0.25, 0.3) is 0 Å². The smallest absolute Gasteiger partial charge is 0.367 e. The highest BCUT2D eigenvalue weighted by atomic mass is 35.5. The van der Waals surface area contributed by atoms with E-state index >= 15 is 0 Å². The number of aryl methyl sites for hydroxylation is 1. The van der Waals surface area contributed by atoms with Crippen LogP contribution in [0.1, 0.15) is 83.1 Å². The molecule has 2 aliphatic rings. The van der Waals surface area contributed by atoms with Gasteiger partial charge in [-0.3, -0.25) is 19.4 Å². The molecule has 4 rings (SSSR count). The summed E-state index contributed by atoms with van der Waals surface area (Å²) in [6.07, 6.45) is 8.10. The van der Waals surface area contributed by atoms with E-state index in [4.69, 9.17) is 32.7 Å². The van der Waals surface area contributed by atoms with Crippen LogP contribution in [0.3, 0.4) is 0 Å². The van der Waals surface area contributed by atoms with Gasteiger partial charge in [0.2, 0.25) is 5.91 Å². The second-order valence-electron chi connectivity index (χ2n) is 12.1. The highest BCUT2D eigenvalue weighted by Crippen LogP contribution is 2.34. The number of aliphatic carboxylic acids is 1. The lowest BCUT2D eigenvalue weighted by Gasteiger charge is -2.36. The van der Waals surface area contributed by atoms with E-state index in [0.29, 0.717) is 40.9 Å². The Morgan fingerprint density at radius 3 is 2.37 bits per heavy atom. The molecule has 0 saturated carbocycles. The number of carboxylic acids is 1. The number of hydrogen-bond acceptors (Lipinski definition) is 7. The van der Waals surface area contributed by atoms with Crippen molar-refractivity contribution in [1.82, 2.24) is 4.90 Å². The van der Waals surface area contributed by atoms with Gasteiger partial charge in [-0.05, 0) is 56.0 Å². The van der Waals surface area contributed by atoms with Crippen molar-refractivity contribution >= 4 is 52.4 Å². The molecule has 1 amide bonds. The van der Waals surface area contributed by atoms with Crippen LogP contribution in [0, 0.1) is 0 Å². The van der Waals surface area contributed by atoms with Crippen molar-refractivity contribution in [1.29, 1.82) is 0 Å². The third kappa shape index (κ3) is 10.2. The fraction of sp³-hybridized carbons (Fsp3) is 0.571. The maximum atomic E-state index is 13.0. The van der Waals surface area contributed by atoms with E-state index < -0.39 is 24.1 Å². The molecule has 252 valence electrons. The topological polar surface area (TPSA) is 99.6 Å². The first-order chi connectivity index (χ1) is 22.3. The number of carbonyl (C=O) groups excluding carboxylic acids is 2. The summed E-state index contributed by atoms with van der Waals surface area (Å²) >= 11 is 12.6. The molecule has 2 aromatic carbocycles. The number of piperazine rings is 1. The molecule has 2 aromatic rings. The molecule has 11 heteroatoms. The van der Waals surface area contributed by atoms with Crippen molar-refractivity contribution in [3.63, 3.8) is 0 Å². The molecule has 2 heterocycles. The van der Waals surface area contributed by atoms with Gasteiger partial charge in [0.05, 0.1) is 28.0 Å². The molecule has 46 heavy (non-hydrogen) atoms. The number of esters is 1. The first-order valence-electron chi connectivity index (χ1n) is 16.7. The minimum Gasteiger partial charge on any atom is -0.494 e. The fourth-order valence-corrected chi connectivity index (χ4v) is 6.44. The molecule has 0 spiro atoms. The van der Waals surface area contributed by atoms with Crippen molar-refractivity contribution in [2.75, 3.05) is 49.1 Å². The average molecular weight is 677 g/mol. The zero-order chi connectivity index (χ0) is 32.9. The first-order valence-corrected chi connectivity index (χ1v) is 17.5. The number of carboxylic acid groups (broad SMARTS) is 1. The van der Waals surface area contributed by atoms with Gasteiger partial charge in [-0.25, -0.2) is 4.79 Å². The fourth-order valence-electron chi connectivity index (χ4n) is 6.02. The third-order valence-electron chi connectivity index (χ3n) is 8.65. The number of halogens is 2. The SMILES string of the molecule is CCCCCCCCCC(=O)OC(C(=O)O)N1C(=O)CCc2ccc(OCCCCN3CCN(c4cccc(Cl)c4Cl)CC3)cc21. The Bertz CT molecular complexity index is 1320. The normalized spacial score (nSPS) is 15.8. The first kappa shape index (κ1) is 35.8. The van der Waals surface area contributed by atoms with Gasteiger partial charge in [0.1, 0.15) is 5.75 Å². The van der Waals surface area contributed by atoms with Crippen LogP contribution in [0.2, 0.25) is 10.0 Å². The largest absolute Gasteiger partial charge is 0.494 e. The number of carbonyl (C=O) groups is 3. The standard InChI is InChI=1S/C35H47Cl2N3O6/c1-2-3-4-5-6-7-8-14-32(42)46-34(35(43)44)40-30-25-27(17-15-26(30)16-18-31(40)41)45-24-10-9-19-38-20-22-39(23-21-38)29-13-11-12-28(36)33(29)37/h11-13,15,17,25,34H,2-10,14,16,18-24H2,1H3,(H,43,44). The third-order valence-corrected chi connectivity index (χ3v) is 9.46. The second-order valence-corrected chi connectivity index (χ2v) is 12.8. The van der Waals surface area contributed by atoms with Gasteiger partial charge in [-0.1, -0.05) is 80.8 Å². The summed E-state index contributed by atoms with van der Waals surface area (Å²) in [6, 6.07) is 11.1. The van der Waals surface area contributed by atoms with E-state index in [1.165, 1.54) is 19.3 Å². The van der Waals surface area contributed by atoms with Crippen molar-refractivity contribution < 1.29 is 29.0 Å². The van der Waals surface area contributed by atoms with Gasteiger partial charge in [0, 0.05) is 45.1 Å². The summed E-state index contributed by atoms with van der Waals surface area (Å²) in [4.78, 5) is 43.6. The Balaban J connectivity index is 1.23. The zero-order valence-electron chi connectivity index (χ0n) is 26.9. The summed E-state index contributed by atoms with van der Waals surface area (Å²) in [5.74, 6) is -1.83. The molecule has 9 nitrogen and oxygen atoms in total. The molecule has 1 unspecified atom stereocenters.